The Bertz CT molecular complexity index is 702. The van der Waals surface area contributed by atoms with Crippen LogP contribution in [-0.4, -0.2) is 19.9 Å². The van der Waals surface area contributed by atoms with Crippen molar-refractivity contribution in [2.75, 3.05) is 16.6 Å². The van der Waals surface area contributed by atoms with Crippen LogP contribution in [0.15, 0.2) is 47.5 Å². The zero-order chi connectivity index (χ0) is 15.3. The van der Waals surface area contributed by atoms with Crippen molar-refractivity contribution in [3.63, 3.8) is 0 Å². The summed E-state index contributed by atoms with van der Waals surface area (Å²) in [6.45, 7) is 2.65. The van der Waals surface area contributed by atoms with Crippen LogP contribution in [-0.2, 0) is 10.0 Å². The molecule has 1 aromatic carbocycles. The number of halogens is 1. The summed E-state index contributed by atoms with van der Waals surface area (Å²) >= 11 is 5.79. The third kappa shape index (κ3) is 4.09. The minimum absolute atomic E-state index is 0.119. The first-order valence-electron chi connectivity index (χ1n) is 6.50. The summed E-state index contributed by atoms with van der Waals surface area (Å²) in [5, 5.41) is 3.56. The van der Waals surface area contributed by atoms with Gasteiger partial charge in [0, 0.05) is 23.5 Å². The average Bonchev–Trinajstić information content (AvgIpc) is 2.47. The van der Waals surface area contributed by atoms with Crippen molar-refractivity contribution in [3.05, 3.63) is 47.6 Å². The molecule has 0 spiro atoms. The molecule has 0 unspecified atom stereocenters. The molecule has 0 saturated heterocycles. The van der Waals surface area contributed by atoms with E-state index in [1.165, 1.54) is 6.07 Å². The standard InChI is InChI=1S/C14H16ClN3O2S/c1-2-9-16-14-13(4-3-10-17-14)21(19,20)18-12-7-5-11(15)6-8-12/h3-8,10,18H,2,9H2,1H3,(H,16,17). The van der Waals surface area contributed by atoms with Gasteiger partial charge in [0.15, 0.2) is 0 Å². The number of hydrogen-bond acceptors (Lipinski definition) is 4. The Hall–Kier alpha value is -1.79. The summed E-state index contributed by atoms with van der Waals surface area (Å²) in [6, 6.07) is 9.57. The molecular weight excluding hydrogens is 310 g/mol. The highest BCUT2D eigenvalue weighted by atomic mass is 35.5. The Morgan fingerprint density at radius 1 is 1.19 bits per heavy atom. The molecule has 2 rings (SSSR count). The number of nitrogens with zero attached hydrogens (tertiary/aromatic N) is 1. The van der Waals surface area contributed by atoms with E-state index in [1.807, 2.05) is 6.92 Å². The fraction of sp³-hybridized carbons (Fsp3) is 0.214. The van der Waals surface area contributed by atoms with Crippen molar-refractivity contribution in [1.29, 1.82) is 0 Å². The lowest BCUT2D eigenvalue weighted by molar-refractivity contribution is 0.601. The Morgan fingerprint density at radius 2 is 1.90 bits per heavy atom. The van der Waals surface area contributed by atoms with Crippen molar-refractivity contribution in [2.24, 2.45) is 0 Å². The summed E-state index contributed by atoms with van der Waals surface area (Å²) in [5.41, 5.74) is 0.449. The van der Waals surface area contributed by atoms with Crippen molar-refractivity contribution >= 4 is 33.1 Å². The lowest BCUT2D eigenvalue weighted by Crippen LogP contribution is -2.16. The van der Waals surface area contributed by atoms with Crippen LogP contribution in [0, 0.1) is 0 Å². The van der Waals surface area contributed by atoms with E-state index in [4.69, 9.17) is 11.6 Å². The molecule has 5 nitrogen and oxygen atoms in total. The van der Waals surface area contributed by atoms with Crippen molar-refractivity contribution in [1.82, 2.24) is 4.98 Å². The minimum atomic E-state index is -3.71. The molecule has 0 bridgehead atoms. The highest BCUT2D eigenvalue weighted by molar-refractivity contribution is 7.92. The maximum Gasteiger partial charge on any atom is 0.265 e. The first-order chi connectivity index (χ1) is 10.0. The van der Waals surface area contributed by atoms with E-state index in [2.05, 4.69) is 15.0 Å². The van der Waals surface area contributed by atoms with Gasteiger partial charge in [-0.2, -0.15) is 0 Å². The van der Waals surface area contributed by atoms with Crippen LogP contribution in [0.5, 0.6) is 0 Å². The van der Waals surface area contributed by atoms with E-state index in [-0.39, 0.29) is 4.90 Å². The minimum Gasteiger partial charge on any atom is -0.369 e. The Labute approximate surface area is 129 Å². The van der Waals surface area contributed by atoms with Gasteiger partial charge in [-0.05, 0) is 42.8 Å². The second kappa shape index (κ2) is 6.78. The zero-order valence-corrected chi connectivity index (χ0v) is 13.1. The van der Waals surface area contributed by atoms with Crippen LogP contribution >= 0.6 is 11.6 Å². The number of pyridine rings is 1. The SMILES string of the molecule is CCCNc1ncccc1S(=O)(=O)Nc1ccc(Cl)cc1. The molecule has 0 aliphatic rings. The number of aromatic nitrogens is 1. The molecule has 21 heavy (non-hydrogen) atoms. The van der Waals surface area contributed by atoms with Crippen LogP contribution in [0.1, 0.15) is 13.3 Å². The van der Waals surface area contributed by atoms with Crippen LogP contribution in [0.3, 0.4) is 0 Å². The summed E-state index contributed by atoms with van der Waals surface area (Å²) in [6.07, 6.45) is 2.43. The van der Waals surface area contributed by atoms with E-state index in [0.717, 1.165) is 6.42 Å². The van der Waals surface area contributed by atoms with E-state index >= 15 is 0 Å². The lowest BCUT2D eigenvalue weighted by Gasteiger charge is -2.12. The molecule has 0 atom stereocenters. The van der Waals surface area contributed by atoms with Gasteiger partial charge in [0.05, 0.1) is 0 Å². The predicted molar refractivity (Wildman–Crippen MR) is 85.3 cm³/mol. The summed E-state index contributed by atoms with van der Waals surface area (Å²) in [7, 11) is -3.71. The second-order valence-electron chi connectivity index (χ2n) is 4.39. The summed E-state index contributed by atoms with van der Waals surface area (Å²) < 4.78 is 27.4. The molecule has 0 amide bonds. The maximum absolute atomic E-state index is 12.4. The first kappa shape index (κ1) is 15.6. The normalized spacial score (nSPS) is 11.1. The van der Waals surface area contributed by atoms with Gasteiger partial charge < -0.3 is 5.32 Å². The molecule has 1 aromatic heterocycles. The monoisotopic (exact) mass is 325 g/mol. The number of rotatable bonds is 6. The Morgan fingerprint density at radius 3 is 2.57 bits per heavy atom. The highest BCUT2D eigenvalue weighted by Crippen LogP contribution is 2.22. The number of sulfonamides is 1. The average molecular weight is 326 g/mol. The quantitative estimate of drug-likeness (QED) is 0.854. The smallest absolute Gasteiger partial charge is 0.265 e. The fourth-order valence-corrected chi connectivity index (χ4v) is 3.03. The number of hydrogen-bond donors (Lipinski definition) is 2. The largest absolute Gasteiger partial charge is 0.369 e. The molecule has 112 valence electrons. The summed E-state index contributed by atoms with van der Waals surface area (Å²) in [5.74, 6) is 0.348. The number of benzene rings is 1. The predicted octanol–water partition coefficient (Wildman–Crippen LogP) is 3.36. The van der Waals surface area contributed by atoms with E-state index in [0.29, 0.717) is 23.1 Å². The number of anilines is 2. The number of nitrogens with one attached hydrogen (secondary N) is 2. The van der Waals surface area contributed by atoms with Gasteiger partial charge in [-0.1, -0.05) is 18.5 Å². The summed E-state index contributed by atoms with van der Waals surface area (Å²) in [4.78, 5) is 4.21. The van der Waals surface area contributed by atoms with E-state index in [9.17, 15) is 8.42 Å². The Balaban J connectivity index is 2.29. The van der Waals surface area contributed by atoms with E-state index in [1.54, 1.807) is 36.5 Å². The molecule has 0 aliphatic heterocycles. The van der Waals surface area contributed by atoms with Gasteiger partial charge in [0.2, 0.25) is 0 Å². The molecule has 0 fully saturated rings. The van der Waals surface area contributed by atoms with Gasteiger partial charge in [0.1, 0.15) is 10.7 Å². The highest BCUT2D eigenvalue weighted by Gasteiger charge is 2.19. The van der Waals surface area contributed by atoms with Crippen LogP contribution < -0.4 is 10.0 Å². The molecule has 0 aliphatic carbocycles. The molecule has 1 heterocycles. The molecule has 2 aromatic rings. The van der Waals surface area contributed by atoms with Crippen LogP contribution in [0.4, 0.5) is 11.5 Å². The van der Waals surface area contributed by atoms with Gasteiger partial charge in [-0.3, -0.25) is 4.72 Å². The molecule has 7 heteroatoms. The zero-order valence-electron chi connectivity index (χ0n) is 11.5. The lowest BCUT2D eigenvalue weighted by atomic mass is 10.3. The fourth-order valence-electron chi connectivity index (χ4n) is 1.71. The molecule has 0 saturated carbocycles. The molecule has 0 radical (unpaired) electrons. The van der Waals surface area contributed by atoms with Crippen molar-refractivity contribution in [2.45, 2.75) is 18.2 Å². The van der Waals surface area contributed by atoms with Gasteiger partial charge in [0.25, 0.3) is 10.0 Å². The van der Waals surface area contributed by atoms with Crippen LogP contribution in [0.25, 0.3) is 0 Å². The Kier molecular flexibility index (Phi) is 5.03. The van der Waals surface area contributed by atoms with Gasteiger partial charge in [-0.15, -0.1) is 0 Å². The third-order valence-corrected chi connectivity index (χ3v) is 4.36. The van der Waals surface area contributed by atoms with Crippen molar-refractivity contribution in [3.8, 4) is 0 Å². The van der Waals surface area contributed by atoms with Gasteiger partial charge in [-0.25, -0.2) is 13.4 Å². The van der Waals surface area contributed by atoms with Gasteiger partial charge >= 0.3 is 0 Å². The van der Waals surface area contributed by atoms with Crippen molar-refractivity contribution < 1.29 is 8.42 Å². The third-order valence-electron chi connectivity index (χ3n) is 2.70. The topological polar surface area (TPSA) is 71.1 Å². The first-order valence-corrected chi connectivity index (χ1v) is 8.36. The van der Waals surface area contributed by atoms with E-state index < -0.39 is 10.0 Å². The maximum atomic E-state index is 12.4. The van der Waals surface area contributed by atoms with Crippen LogP contribution in [0.2, 0.25) is 5.02 Å². The molecular formula is C14H16ClN3O2S. The second-order valence-corrected chi connectivity index (χ2v) is 6.48. The molecule has 2 N–H and O–H groups in total.